The molecule has 178 valence electrons. The molecular weight excluding hydrogens is 485 g/mol. The van der Waals surface area contributed by atoms with Crippen molar-refractivity contribution in [2.75, 3.05) is 6.61 Å². The Morgan fingerprint density at radius 1 is 0.611 bits per heavy atom. The van der Waals surface area contributed by atoms with Crippen molar-refractivity contribution in [3.63, 3.8) is 0 Å². The van der Waals surface area contributed by atoms with Gasteiger partial charge in [0.2, 0.25) is 0 Å². The quantitative estimate of drug-likeness (QED) is 0.152. The highest BCUT2D eigenvalue weighted by molar-refractivity contribution is 7.39. The maximum atomic E-state index is 5.99. The minimum absolute atomic E-state index is 0.0110. The van der Waals surface area contributed by atoms with E-state index >= 15 is 0 Å². The molecule has 1 saturated heterocycles. The maximum absolute atomic E-state index is 5.99. The lowest BCUT2D eigenvalue weighted by Crippen LogP contribution is -2.46. The van der Waals surface area contributed by atoms with Crippen LogP contribution in [0.1, 0.15) is 22.3 Å². The fourth-order valence-electron chi connectivity index (χ4n) is 6.91. The average molecular weight is 517 g/mol. The molecule has 1 aliphatic heterocycles. The van der Waals surface area contributed by atoms with E-state index in [0.29, 0.717) is 0 Å². The van der Waals surface area contributed by atoms with E-state index in [4.69, 9.17) is 4.43 Å². The Bertz CT molecular complexity index is 1870. The average Bonchev–Trinajstić information content (AvgIpc) is 2.90. The van der Waals surface area contributed by atoms with Gasteiger partial charge in [-0.15, -0.1) is 0 Å². The van der Waals surface area contributed by atoms with Crippen molar-refractivity contribution in [2.24, 2.45) is 0 Å². The summed E-state index contributed by atoms with van der Waals surface area (Å²) in [4.78, 5) is 0. The lowest BCUT2D eigenvalue weighted by Gasteiger charge is -2.27. The van der Waals surface area contributed by atoms with Gasteiger partial charge < -0.3 is 4.43 Å². The van der Waals surface area contributed by atoms with Crippen molar-refractivity contribution in [1.82, 2.24) is 0 Å². The predicted molar refractivity (Wildman–Crippen MR) is 168 cm³/mol. The van der Waals surface area contributed by atoms with Gasteiger partial charge in [-0.2, -0.15) is 0 Å². The molecule has 0 aliphatic carbocycles. The fourth-order valence-corrected chi connectivity index (χ4v) is 25.9. The standard InChI is InChI=1S/C32H32OSi3/c1-18-19(2)31-21(4)27-10-9-24-15-25-13-22-7-5-6-8-23(22)14-26(25)16-28(24)29(27)17-30(31)32(20(18)3)36-12-11-33-34-35-36/h5-10,13-17,36H,11-12,34-35H2,1-4H3. The summed E-state index contributed by atoms with van der Waals surface area (Å²) < 4.78 is 5.99. The number of fused-ring (bicyclic) bond motifs is 6. The van der Waals surface area contributed by atoms with E-state index in [9.17, 15) is 0 Å². The van der Waals surface area contributed by atoms with Gasteiger partial charge in [0.1, 0.15) is 9.28 Å². The SMILES string of the molecule is Cc1c(C)c(C)c2c(C)c3ccc4cc5cc6ccccc6cc5cc4c3cc2c1[SiH]1CCO[SiH2][SiH2]1. The van der Waals surface area contributed by atoms with E-state index in [1.807, 2.05) is 0 Å². The van der Waals surface area contributed by atoms with Crippen LogP contribution < -0.4 is 5.19 Å². The molecule has 0 radical (unpaired) electrons. The molecule has 0 amide bonds. The molecule has 1 aliphatic rings. The first kappa shape index (κ1) is 22.4. The Morgan fingerprint density at radius 3 is 2.06 bits per heavy atom. The number of hydrogen-bond donors (Lipinski definition) is 0. The molecule has 0 aromatic heterocycles. The van der Waals surface area contributed by atoms with Crippen molar-refractivity contribution >= 4 is 85.2 Å². The second kappa shape index (κ2) is 8.38. The van der Waals surface area contributed by atoms with Gasteiger partial charge in [-0.3, -0.25) is 0 Å². The molecular formula is C32H32OSi3. The first-order valence-corrected chi connectivity index (χ1v) is 22.5. The van der Waals surface area contributed by atoms with Gasteiger partial charge in [-0.1, -0.05) is 41.6 Å². The van der Waals surface area contributed by atoms with Gasteiger partial charge >= 0.3 is 0 Å². The normalized spacial score (nSPS) is 17.9. The maximum Gasteiger partial charge on any atom is 0.141 e. The second-order valence-corrected chi connectivity index (χ2v) is 25.9. The van der Waals surface area contributed by atoms with Crippen LogP contribution in [-0.2, 0) is 4.43 Å². The number of hydrogen-bond acceptors (Lipinski definition) is 1. The molecule has 0 saturated carbocycles. The molecule has 4 heteroatoms. The van der Waals surface area contributed by atoms with Crippen molar-refractivity contribution in [3.8, 4) is 0 Å². The van der Waals surface area contributed by atoms with Crippen molar-refractivity contribution in [1.29, 1.82) is 0 Å². The summed E-state index contributed by atoms with van der Waals surface area (Å²) >= 11 is 0. The lowest BCUT2D eigenvalue weighted by atomic mass is 9.88. The molecule has 0 N–H and O–H groups in total. The van der Waals surface area contributed by atoms with Crippen molar-refractivity contribution in [3.05, 3.63) is 89.0 Å². The second-order valence-electron chi connectivity index (χ2n) is 10.9. The zero-order valence-electron chi connectivity index (χ0n) is 21.7. The zero-order valence-corrected chi connectivity index (χ0v) is 25.6. The molecule has 1 unspecified atom stereocenters. The smallest absolute Gasteiger partial charge is 0.141 e. The Kier molecular flexibility index (Phi) is 5.22. The Balaban J connectivity index is 1.61. The Hall–Kier alpha value is -2.77. The van der Waals surface area contributed by atoms with Gasteiger partial charge in [0.25, 0.3) is 0 Å². The van der Waals surface area contributed by atoms with Crippen LogP contribution in [0.5, 0.6) is 0 Å². The third-order valence-corrected chi connectivity index (χ3v) is 27.6. The Labute approximate surface area is 218 Å². The van der Waals surface area contributed by atoms with Gasteiger partial charge in [0.05, 0.1) is 8.31 Å². The van der Waals surface area contributed by atoms with E-state index in [-0.39, 0.29) is 17.8 Å². The van der Waals surface area contributed by atoms with Gasteiger partial charge in [-0.25, -0.2) is 0 Å². The molecule has 6 aromatic rings. The highest BCUT2D eigenvalue weighted by atomic mass is 29.5. The van der Waals surface area contributed by atoms with Crippen LogP contribution in [0.4, 0.5) is 0 Å². The third kappa shape index (κ3) is 3.28. The monoisotopic (exact) mass is 516 g/mol. The summed E-state index contributed by atoms with van der Waals surface area (Å²) in [6.45, 7) is 10.5. The van der Waals surface area contributed by atoms with Crippen LogP contribution >= 0.6 is 0 Å². The fraction of sp³-hybridized carbons (Fsp3) is 0.188. The first-order chi connectivity index (χ1) is 17.5. The molecule has 0 spiro atoms. The molecule has 1 atom stereocenters. The number of aryl methyl sites for hydroxylation is 2. The summed E-state index contributed by atoms with van der Waals surface area (Å²) in [5.74, 6) is 0. The lowest BCUT2D eigenvalue weighted by molar-refractivity contribution is 0.367. The highest BCUT2D eigenvalue weighted by Gasteiger charge is 2.25. The number of rotatable bonds is 1. The summed E-state index contributed by atoms with van der Waals surface area (Å²) in [5, 5.41) is 15.8. The van der Waals surface area contributed by atoms with Gasteiger partial charge in [0.15, 0.2) is 0 Å². The van der Waals surface area contributed by atoms with E-state index in [0.717, 1.165) is 6.61 Å². The van der Waals surface area contributed by atoms with E-state index in [2.05, 4.69) is 94.4 Å². The first-order valence-electron chi connectivity index (χ1n) is 13.3. The van der Waals surface area contributed by atoms with Gasteiger partial charge in [-0.05, 0) is 140 Å². The summed E-state index contributed by atoms with van der Waals surface area (Å²) in [7, 11) is -1.10. The topological polar surface area (TPSA) is 9.23 Å². The van der Waals surface area contributed by atoms with Crippen LogP contribution in [0.2, 0.25) is 6.04 Å². The summed E-state index contributed by atoms with van der Waals surface area (Å²) in [6.07, 6.45) is 0. The highest BCUT2D eigenvalue weighted by Crippen LogP contribution is 2.37. The van der Waals surface area contributed by atoms with E-state index in [1.165, 1.54) is 71.2 Å². The molecule has 1 nitrogen and oxygen atoms in total. The summed E-state index contributed by atoms with van der Waals surface area (Å²) in [5.41, 5.74) is 6.06. The molecule has 7 rings (SSSR count). The van der Waals surface area contributed by atoms with Crippen LogP contribution in [0.25, 0.3) is 53.9 Å². The van der Waals surface area contributed by atoms with Crippen LogP contribution in [0.15, 0.2) is 66.7 Å². The third-order valence-electron chi connectivity index (χ3n) is 9.04. The van der Waals surface area contributed by atoms with Crippen LogP contribution in [-0.4, -0.2) is 32.8 Å². The predicted octanol–water partition coefficient (Wildman–Crippen LogP) is 5.81. The largest absolute Gasteiger partial charge is 0.428 e. The Morgan fingerprint density at radius 2 is 1.33 bits per heavy atom. The molecule has 0 bridgehead atoms. The molecule has 1 heterocycles. The van der Waals surface area contributed by atoms with Crippen molar-refractivity contribution < 1.29 is 4.43 Å². The minimum Gasteiger partial charge on any atom is -0.428 e. The van der Waals surface area contributed by atoms with Gasteiger partial charge in [0, 0.05) is 15.2 Å². The summed E-state index contributed by atoms with van der Waals surface area (Å²) in [6, 6.07) is 26.9. The van der Waals surface area contributed by atoms with Crippen molar-refractivity contribution in [2.45, 2.75) is 33.7 Å². The minimum atomic E-state index is -0.879. The molecule has 1 fully saturated rings. The van der Waals surface area contributed by atoms with Crippen LogP contribution in [0.3, 0.4) is 0 Å². The van der Waals surface area contributed by atoms with E-state index in [1.54, 1.807) is 16.1 Å². The number of benzene rings is 6. The zero-order chi connectivity index (χ0) is 24.6. The molecule has 36 heavy (non-hydrogen) atoms. The van der Waals surface area contributed by atoms with E-state index < -0.39 is 8.31 Å². The van der Waals surface area contributed by atoms with Crippen LogP contribution in [0, 0.1) is 27.7 Å². The molecule has 6 aromatic carbocycles.